The second-order valence-corrected chi connectivity index (χ2v) is 3.89. The van der Waals surface area contributed by atoms with E-state index in [1.807, 2.05) is 0 Å². The van der Waals surface area contributed by atoms with Crippen LogP contribution in [-0.2, 0) is 9.59 Å². The molecule has 0 fully saturated rings. The first-order valence-electron chi connectivity index (χ1n) is 4.79. The Morgan fingerprint density at radius 3 is 2.47 bits per heavy atom. The number of ketones is 1. The molecule has 0 atom stereocenters. The van der Waals surface area contributed by atoms with Crippen LogP contribution in [0, 0.1) is 0 Å². The fourth-order valence-electron chi connectivity index (χ4n) is 1.22. The summed E-state index contributed by atoms with van der Waals surface area (Å²) in [6, 6.07) is 4.30. The summed E-state index contributed by atoms with van der Waals surface area (Å²) >= 11 is 5.79. The summed E-state index contributed by atoms with van der Waals surface area (Å²) in [4.78, 5) is 32.9. The van der Waals surface area contributed by atoms with Gasteiger partial charge in [0.1, 0.15) is 5.78 Å². The summed E-state index contributed by atoms with van der Waals surface area (Å²) in [6.07, 6.45) is -0.199. The number of halogens is 1. The molecule has 90 valence electrons. The van der Waals surface area contributed by atoms with E-state index in [4.69, 9.17) is 17.3 Å². The largest absolute Gasteiger partial charge is 0.366 e. The second kappa shape index (κ2) is 5.45. The highest BCUT2D eigenvalue weighted by Crippen LogP contribution is 2.20. The van der Waals surface area contributed by atoms with Gasteiger partial charge in [0.25, 0.3) is 0 Å². The highest BCUT2D eigenvalue weighted by Gasteiger charge is 2.09. The summed E-state index contributed by atoms with van der Waals surface area (Å²) in [7, 11) is 0. The monoisotopic (exact) mass is 254 g/mol. The summed E-state index contributed by atoms with van der Waals surface area (Å²) in [5, 5.41) is 2.63. The standard InChI is InChI=1S/C11H11ClN2O3/c1-6(15)4-10(16)14-7-2-3-8(11(13)17)9(12)5-7/h2-3,5H,4H2,1H3,(H2,13,17)(H,14,16). The Hall–Kier alpha value is -1.88. The van der Waals surface area contributed by atoms with Gasteiger partial charge < -0.3 is 11.1 Å². The lowest BCUT2D eigenvalue weighted by molar-refractivity contribution is -0.124. The van der Waals surface area contributed by atoms with Crippen molar-refractivity contribution >= 4 is 34.9 Å². The molecule has 1 aromatic rings. The molecule has 0 aliphatic rings. The van der Waals surface area contributed by atoms with Crippen LogP contribution in [0.1, 0.15) is 23.7 Å². The van der Waals surface area contributed by atoms with Crippen molar-refractivity contribution in [3.8, 4) is 0 Å². The van der Waals surface area contributed by atoms with E-state index in [0.29, 0.717) is 5.69 Å². The molecular weight excluding hydrogens is 244 g/mol. The number of hydrogen-bond donors (Lipinski definition) is 2. The van der Waals surface area contributed by atoms with E-state index in [9.17, 15) is 14.4 Å². The maximum absolute atomic E-state index is 11.3. The molecule has 0 saturated carbocycles. The molecule has 1 aromatic carbocycles. The molecule has 1 rings (SSSR count). The van der Waals surface area contributed by atoms with Gasteiger partial charge in [0.05, 0.1) is 17.0 Å². The molecule has 0 saturated heterocycles. The van der Waals surface area contributed by atoms with Crippen LogP contribution >= 0.6 is 11.6 Å². The summed E-state index contributed by atoms with van der Waals surface area (Å²) in [5.74, 6) is -1.31. The molecule has 5 nitrogen and oxygen atoms in total. The third-order valence-electron chi connectivity index (χ3n) is 1.93. The molecule has 17 heavy (non-hydrogen) atoms. The van der Waals surface area contributed by atoms with Crippen molar-refractivity contribution in [2.75, 3.05) is 5.32 Å². The van der Waals surface area contributed by atoms with Crippen LogP contribution in [0.2, 0.25) is 5.02 Å². The topological polar surface area (TPSA) is 89.3 Å². The van der Waals surface area contributed by atoms with E-state index >= 15 is 0 Å². The maximum atomic E-state index is 11.3. The number of rotatable bonds is 4. The molecule has 0 aliphatic carbocycles. The SMILES string of the molecule is CC(=O)CC(=O)Nc1ccc(C(N)=O)c(Cl)c1. The number of nitrogens with two attached hydrogens (primary N) is 1. The van der Waals surface area contributed by atoms with Crippen molar-refractivity contribution in [1.29, 1.82) is 0 Å². The average Bonchev–Trinajstić information content (AvgIpc) is 2.15. The molecule has 0 unspecified atom stereocenters. The van der Waals surface area contributed by atoms with Gasteiger partial charge in [-0.25, -0.2) is 0 Å². The molecule has 6 heteroatoms. The van der Waals surface area contributed by atoms with Gasteiger partial charge >= 0.3 is 0 Å². The zero-order valence-corrected chi connectivity index (χ0v) is 9.88. The van der Waals surface area contributed by atoms with Crippen molar-refractivity contribution in [2.24, 2.45) is 5.73 Å². The number of benzene rings is 1. The predicted molar refractivity (Wildman–Crippen MR) is 63.9 cm³/mol. The third kappa shape index (κ3) is 3.88. The number of anilines is 1. The normalized spacial score (nSPS) is 9.76. The first-order valence-corrected chi connectivity index (χ1v) is 5.16. The predicted octanol–water partition coefficient (Wildman–Crippen LogP) is 1.36. The highest BCUT2D eigenvalue weighted by atomic mass is 35.5. The quantitative estimate of drug-likeness (QED) is 0.795. The van der Waals surface area contributed by atoms with Gasteiger partial charge in [-0.2, -0.15) is 0 Å². The molecule has 0 aromatic heterocycles. The molecule has 0 heterocycles. The smallest absolute Gasteiger partial charge is 0.250 e. The highest BCUT2D eigenvalue weighted by molar-refractivity contribution is 6.34. The Labute approximate surface area is 103 Å². The Kier molecular flexibility index (Phi) is 4.23. The minimum Gasteiger partial charge on any atom is -0.366 e. The van der Waals surface area contributed by atoms with E-state index in [2.05, 4.69) is 5.32 Å². The molecule has 0 spiro atoms. The van der Waals surface area contributed by atoms with Gasteiger partial charge in [0, 0.05) is 5.69 Å². The lowest BCUT2D eigenvalue weighted by Crippen LogP contribution is -2.15. The van der Waals surface area contributed by atoms with Crippen LogP contribution in [0.25, 0.3) is 0 Å². The van der Waals surface area contributed by atoms with Crippen molar-refractivity contribution in [3.05, 3.63) is 28.8 Å². The number of carbonyl (C=O) groups excluding carboxylic acids is 3. The summed E-state index contributed by atoms with van der Waals surface area (Å²) in [6.45, 7) is 1.32. The molecule has 0 bridgehead atoms. The number of Topliss-reactive ketones (excluding diaryl/α,β-unsaturated/α-hetero) is 1. The lowest BCUT2D eigenvalue weighted by atomic mass is 10.2. The van der Waals surface area contributed by atoms with Gasteiger partial charge in [-0.3, -0.25) is 14.4 Å². The zero-order valence-electron chi connectivity index (χ0n) is 9.12. The van der Waals surface area contributed by atoms with Gasteiger partial charge in [-0.15, -0.1) is 0 Å². The first kappa shape index (κ1) is 13.2. The Morgan fingerprint density at radius 2 is 2.00 bits per heavy atom. The Balaban J connectivity index is 2.81. The third-order valence-corrected chi connectivity index (χ3v) is 2.24. The average molecular weight is 255 g/mol. The molecule has 2 amide bonds. The Bertz CT molecular complexity index is 486. The van der Waals surface area contributed by atoms with E-state index < -0.39 is 11.8 Å². The van der Waals surface area contributed by atoms with Crippen LogP contribution in [0.15, 0.2) is 18.2 Å². The van der Waals surface area contributed by atoms with Crippen molar-refractivity contribution in [2.45, 2.75) is 13.3 Å². The minimum atomic E-state index is -0.642. The number of hydrogen-bond acceptors (Lipinski definition) is 3. The fourth-order valence-corrected chi connectivity index (χ4v) is 1.50. The Morgan fingerprint density at radius 1 is 1.35 bits per heavy atom. The molecular formula is C11H11ClN2O3. The van der Waals surface area contributed by atoms with Crippen LogP contribution in [-0.4, -0.2) is 17.6 Å². The van der Waals surface area contributed by atoms with E-state index in [1.54, 1.807) is 0 Å². The van der Waals surface area contributed by atoms with E-state index in [-0.39, 0.29) is 22.8 Å². The fraction of sp³-hybridized carbons (Fsp3) is 0.182. The van der Waals surface area contributed by atoms with Gasteiger partial charge in [0.2, 0.25) is 11.8 Å². The minimum absolute atomic E-state index is 0.151. The van der Waals surface area contributed by atoms with Crippen LogP contribution in [0.3, 0.4) is 0 Å². The number of primary amides is 1. The van der Waals surface area contributed by atoms with Crippen molar-refractivity contribution < 1.29 is 14.4 Å². The van der Waals surface area contributed by atoms with Crippen LogP contribution in [0.4, 0.5) is 5.69 Å². The van der Waals surface area contributed by atoms with Crippen LogP contribution in [0.5, 0.6) is 0 Å². The second-order valence-electron chi connectivity index (χ2n) is 3.49. The number of nitrogens with one attached hydrogen (secondary N) is 1. The molecule has 3 N–H and O–H groups in total. The first-order chi connectivity index (χ1) is 7.90. The summed E-state index contributed by atoms with van der Waals surface area (Å²) in [5.41, 5.74) is 5.66. The van der Waals surface area contributed by atoms with Gasteiger partial charge in [-0.05, 0) is 25.1 Å². The van der Waals surface area contributed by atoms with Gasteiger partial charge in [0.15, 0.2) is 0 Å². The lowest BCUT2D eigenvalue weighted by Gasteiger charge is -2.06. The zero-order chi connectivity index (χ0) is 13.0. The number of amides is 2. The maximum Gasteiger partial charge on any atom is 0.250 e. The summed E-state index contributed by atoms with van der Waals surface area (Å²) < 4.78 is 0. The van der Waals surface area contributed by atoms with Crippen LogP contribution < -0.4 is 11.1 Å². The van der Waals surface area contributed by atoms with Gasteiger partial charge in [-0.1, -0.05) is 11.6 Å². The van der Waals surface area contributed by atoms with E-state index in [0.717, 1.165) is 0 Å². The van der Waals surface area contributed by atoms with E-state index in [1.165, 1.54) is 25.1 Å². The van der Waals surface area contributed by atoms with Crippen molar-refractivity contribution in [1.82, 2.24) is 0 Å². The molecule has 0 radical (unpaired) electrons. The van der Waals surface area contributed by atoms with Crippen molar-refractivity contribution in [3.63, 3.8) is 0 Å². The molecule has 0 aliphatic heterocycles. The number of carbonyl (C=O) groups is 3.